The van der Waals surface area contributed by atoms with Gasteiger partial charge in [0.2, 0.25) is 12.7 Å². The van der Waals surface area contributed by atoms with E-state index in [1.165, 1.54) is 0 Å². The van der Waals surface area contributed by atoms with Gasteiger partial charge in [-0.1, -0.05) is 31.5 Å². The molecule has 0 aromatic heterocycles. The van der Waals surface area contributed by atoms with Crippen LogP contribution in [0.5, 0.6) is 23.0 Å². The Morgan fingerprint density at radius 3 is 2.43 bits per heavy atom. The summed E-state index contributed by atoms with van der Waals surface area (Å²) >= 11 is 0. The van der Waals surface area contributed by atoms with Gasteiger partial charge in [-0.05, 0) is 69.7 Å². The number of carboxylic acid groups (broad SMARTS) is 1. The third-order valence-corrected chi connectivity index (χ3v) is 8.09. The smallest absolute Gasteiger partial charge is 0.308 e. The molecule has 2 aromatic rings. The fourth-order valence-electron chi connectivity index (χ4n) is 5.81. The topological polar surface area (TPSA) is 101 Å². The molecule has 2 aliphatic rings. The number of likely N-dealkylation sites (tertiary alicyclic amines) is 1. The maximum absolute atomic E-state index is 13.8. The minimum absolute atomic E-state index is 0.0195. The minimum Gasteiger partial charge on any atom is -0.493 e. The van der Waals surface area contributed by atoms with Crippen molar-refractivity contribution in [3.8, 4) is 23.0 Å². The van der Waals surface area contributed by atoms with Crippen LogP contribution in [0.3, 0.4) is 0 Å². The fraction of sp³-hybridized carbons (Fsp3) is 0.562. The molecular formula is C32H45N3O7. The molecule has 10 nitrogen and oxygen atoms in total. The molecule has 0 bridgehead atoms. The molecule has 2 aliphatic heterocycles. The Bertz CT molecular complexity index is 1190. The fourth-order valence-corrected chi connectivity index (χ4v) is 5.81. The van der Waals surface area contributed by atoms with Crippen molar-refractivity contribution in [2.45, 2.75) is 44.6 Å². The van der Waals surface area contributed by atoms with Gasteiger partial charge >= 0.3 is 5.97 Å². The van der Waals surface area contributed by atoms with Gasteiger partial charge in [-0.25, -0.2) is 0 Å². The molecule has 1 saturated heterocycles. The second kappa shape index (κ2) is 15.1. The second-order valence-electron chi connectivity index (χ2n) is 11.3. The average molecular weight is 584 g/mol. The summed E-state index contributed by atoms with van der Waals surface area (Å²) < 4.78 is 22.7. The largest absolute Gasteiger partial charge is 0.493 e. The number of hydrogen-bond donors (Lipinski definition) is 1. The van der Waals surface area contributed by atoms with E-state index in [1.54, 1.807) is 19.2 Å². The summed E-state index contributed by atoms with van der Waals surface area (Å²) in [6.45, 7) is 5.26. The Morgan fingerprint density at radius 2 is 1.71 bits per heavy atom. The predicted octanol–water partition coefficient (Wildman–Crippen LogP) is 3.94. The molecule has 1 N–H and O–H groups in total. The van der Waals surface area contributed by atoms with Crippen molar-refractivity contribution in [3.63, 3.8) is 0 Å². The van der Waals surface area contributed by atoms with E-state index in [-0.39, 0.29) is 31.8 Å². The number of nitrogens with zero attached hydrogens (tertiary/aromatic N) is 3. The number of para-hydroxylation sites is 2. The quantitative estimate of drug-likeness (QED) is 0.295. The molecule has 0 saturated carbocycles. The Kier molecular flexibility index (Phi) is 11.3. The Hall–Kier alpha value is -3.50. The zero-order chi connectivity index (χ0) is 30.1. The molecule has 0 aliphatic carbocycles. The van der Waals surface area contributed by atoms with Gasteiger partial charge < -0.3 is 33.9 Å². The molecule has 0 spiro atoms. The van der Waals surface area contributed by atoms with Crippen LogP contribution in [0.2, 0.25) is 0 Å². The highest BCUT2D eigenvalue weighted by molar-refractivity contribution is 5.79. The number of hydrogen-bond acceptors (Lipinski definition) is 8. The van der Waals surface area contributed by atoms with Crippen LogP contribution in [-0.4, -0.2) is 105 Å². The maximum Gasteiger partial charge on any atom is 0.308 e. The number of carbonyl (C=O) groups is 2. The van der Waals surface area contributed by atoms with E-state index in [4.69, 9.17) is 18.9 Å². The first-order chi connectivity index (χ1) is 20.3. The lowest BCUT2D eigenvalue weighted by Gasteiger charge is -2.30. The number of carbonyl (C=O) groups excluding carboxylic acids is 1. The van der Waals surface area contributed by atoms with Crippen molar-refractivity contribution < 1.29 is 33.6 Å². The number of rotatable bonds is 16. The molecule has 0 unspecified atom stereocenters. The monoisotopic (exact) mass is 583 g/mol. The SMILES string of the molecule is CCCCN(CCCCN(C)C)C(=O)CN1C[C@H](c2ccc3c(c2)OCO3)[C@H](C(=O)O)[C@H]1COc1ccccc1OC. The van der Waals surface area contributed by atoms with E-state index in [0.29, 0.717) is 42.6 Å². The molecule has 2 aromatic carbocycles. The van der Waals surface area contributed by atoms with Crippen LogP contribution in [-0.2, 0) is 9.59 Å². The molecule has 10 heteroatoms. The Balaban J connectivity index is 1.57. The Labute approximate surface area is 249 Å². The molecule has 4 rings (SSSR count). The zero-order valence-electron chi connectivity index (χ0n) is 25.3. The third-order valence-electron chi connectivity index (χ3n) is 8.09. The highest BCUT2D eigenvalue weighted by atomic mass is 16.7. The van der Waals surface area contributed by atoms with Crippen molar-refractivity contribution in [3.05, 3.63) is 48.0 Å². The van der Waals surface area contributed by atoms with Gasteiger partial charge in [-0.15, -0.1) is 0 Å². The number of carboxylic acids is 1. The van der Waals surface area contributed by atoms with Crippen molar-refractivity contribution in [1.29, 1.82) is 0 Å². The number of amides is 1. The van der Waals surface area contributed by atoms with Crippen LogP contribution in [0.25, 0.3) is 0 Å². The highest BCUT2D eigenvalue weighted by Gasteiger charge is 2.48. The van der Waals surface area contributed by atoms with Crippen LogP contribution < -0.4 is 18.9 Å². The van der Waals surface area contributed by atoms with Gasteiger partial charge in [0.05, 0.1) is 25.6 Å². The van der Waals surface area contributed by atoms with Crippen LogP contribution in [0, 0.1) is 5.92 Å². The number of ether oxygens (including phenoxy) is 4. The molecule has 1 fully saturated rings. The normalized spacial score (nSPS) is 19.7. The molecule has 3 atom stereocenters. The maximum atomic E-state index is 13.8. The van der Waals surface area contributed by atoms with Crippen LogP contribution in [0.1, 0.15) is 44.1 Å². The van der Waals surface area contributed by atoms with E-state index in [1.807, 2.05) is 40.1 Å². The third kappa shape index (κ3) is 7.86. The lowest BCUT2D eigenvalue weighted by molar-refractivity contribution is -0.144. The summed E-state index contributed by atoms with van der Waals surface area (Å²) in [7, 11) is 5.67. The van der Waals surface area contributed by atoms with Crippen molar-refractivity contribution >= 4 is 11.9 Å². The van der Waals surface area contributed by atoms with Gasteiger partial charge in [0.15, 0.2) is 23.0 Å². The van der Waals surface area contributed by atoms with Gasteiger partial charge in [-0.2, -0.15) is 0 Å². The average Bonchev–Trinajstić information content (AvgIpc) is 3.59. The molecule has 42 heavy (non-hydrogen) atoms. The molecule has 0 radical (unpaired) electrons. The first-order valence-electron chi connectivity index (χ1n) is 14.9. The summed E-state index contributed by atoms with van der Waals surface area (Å²) in [5, 5.41) is 10.5. The van der Waals surface area contributed by atoms with Crippen molar-refractivity contribution in [2.75, 3.05) is 67.3 Å². The highest BCUT2D eigenvalue weighted by Crippen LogP contribution is 2.42. The van der Waals surface area contributed by atoms with E-state index < -0.39 is 17.9 Å². The van der Waals surface area contributed by atoms with E-state index in [2.05, 4.69) is 25.9 Å². The second-order valence-corrected chi connectivity index (χ2v) is 11.3. The predicted molar refractivity (Wildman–Crippen MR) is 160 cm³/mol. The summed E-state index contributed by atoms with van der Waals surface area (Å²) in [6, 6.07) is 12.4. The van der Waals surface area contributed by atoms with E-state index in [9.17, 15) is 14.7 Å². The summed E-state index contributed by atoms with van der Waals surface area (Å²) in [5.74, 6) is 0.299. The molecule has 2 heterocycles. The first-order valence-corrected chi connectivity index (χ1v) is 14.9. The lowest BCUT2D eigenvalue weighted by atomic mass is 9.85. The van der Waals surface area contributed by atoms with Gasteiger partial charge in [0.25, 0.3) is 0 Å². The van der Waals surface area contributed by atoms with Crippen molar-refractivity contribution in [2.24, 2.45) is 5.92 Å². The van der Waals surface area contributed by atoms with Gasteiger partial charge in [-0.3, -0.25) is 14.5 Å². The van der Waals surface area contributed by atoms with Crippen LogP contribution in [0.15, 0.2) is 42.5 Å². The zero-order valence-corrected chi connectivity index (χ0v) is 25.3. The Morgan fingerprint density at radius 1 is 1.00 bits per heavy atom. The van der Waals surface area contributed by atoms with E-state index in [0.717, 1.165) is 37.8 Å². The number of aliphatic carboxylic acids is 1. The number of benzene rings is 2. The minimum atomic E-state index is -0.923. The summed E-state index contributed by atoms with van der Waals surface area (Å²) in [4.78, 5) is 32.7. The standard InChI is InChI=1S/C32H45N3O7/c1-5-6-16-34(17-10-9-15-33(2)3)30(36)20-35-19-24(23-13-14-28-29(18-23)42-22-41-28)31(32(37)38)25(35)21-40-27-12-8-7-11-26(27)39-4/h7-8,11-14,18,24-25,31H,5-6,9-10,15-17,19-22H2,1-4H3,(H,37,38)/t24-,25-,31+/m1/s1. The molecular weight excluding hydrogens is 538 g/mol. The summed E-state index contributed by atoms with van der Waals surface area (Å²) in [6.07, 6.45) is 3.85. The van der Waals surface area contributed by atoms with E-state index >= 15 is 0 Å². The lowest BCUT2D eigenvalue weighted by Crippen LogP contribution is -2.46. The molecule has 230 valence electrons. The number of unbranched alkanes of at least 4 members (excludes halogenated alkanes) is 2. The van der Waals surface area contributed by atoms with Crippen LogP contribution in [0.4, 0.5) is 0 Å². The number of fused-ring (bicyclic) bond motifs is 1. The molecule has 1 amide bonds. The van der Waals surface area contributed by atoms with Gasteiger partial charge in [0.1, 0.15) is 6.61 Å². The van der Waals surface area contributed by atoms with Crippen molar-refractivity contribution in [1.82, 2.24) is 14.7 Å². The van der Waals surface area contributed by atoms with Crippen LogP contribution >= 0.6 is 0 Å². The number of methoxy groups -OCH3 is 1. The first kappa shape index (κ1) is 31.4. The summed E-state index contributed by atoms with van der Waals surface area (Å²) in [5.41, 5.74) is 0.843. The van der Waals surface area contributed by atoms with Gasteiger partial charge in [0, 0.05) is 25.6 Å².